The van der Waals surface area contributed by atoms with Gasteiger partial charge in [-0.2, -0.15) is 0 Å². The molecule has 0 aliphatic carbocycles. The van der Waals surface area contributed by atoms with Gasteiger partial charge in [-0.25, -0.2) is 4.39 Å². The minimum absolute atomic E-state index is 0.116. The number of hydrogen-bond donors (Lipinski definition) is 0. The standard InChI is InChI=1S/C15H13FN2O2/c16-12-5-1-2-6-13(12)18-10-11(9-14(18)19)15(20)17-7-3-4-8-17/h1-8,11H,9-10H2. The lowest BCUT2D eigenvalue weighted by Gasteiger charge is -2.17. The average Bonchev–Trinajstić information content (AvgIpc) is 3.08. The maximum Gasteiger partial charge on any atom is 0.235 e. The van der Waals surface area contributed by atoms with Crippen LogP contribution in [0.3, 0.4) is 0 Å². The van der Waals surface area contributed by atoms with Gasteiger partial charge >= 0.3 is 0 Å². The highest BCUT2D eigenvalue weighted by Crippen LogP contribution is 2.28. The van der Waals surface area contributed by atoms with Crippen molar-refractivity contribution in [1.29, 1.82) is 0 Å². The molecule has 3 rings (SSSR count). The van der Waals surface area contributed by atoms with Crippen LogP contribution in [-0.2, 0) is 4.79 Å². The lowest BCUT2D eigenvalue weighted by atomic mass is 10.1. The van der Waals surface area contributed by atoms with E-state index in [9.17, 15) is 14.0 Å². The summed E-state index contributed by atoms with van der Waals surface area (Å²) in [7, 11) is 0. The number of halogens is 1. The van der Waals surface area contributed by atoms with Crippen molar-refractivity contribution in [3.05, 3.63) is 54.6 Å². The Morgan fingerprint density at radius 1 is 1.15 bits per heavy atom. The van der Waals surface area contributed by atoms with Crippen LogP contribution < -0.4 is 4.90 Å². The summed E-state index contributed by atoms with van der Waals surface area (Å²) in [5, 5.41) is 0. The molecule has 0 bridgehead atoms. The third-order valence-corrected chi connectivity index (χ3v) is 3.48. The first-order valence-electron chi connectivity index (χ1n) is 6.39. The largest absolute Gasteiger partial charge is 0.309 e. The van der Waals surface area contributed by atoms with Crippen molar-refractivity contribution in [1.82, 2.24) is 4.57 Å². The molecule has 20 heavy (non-hydrogen) atoms. The van der Waals surface area contributed by atoms with Crippen LogP contribution in [0.2, 0.25) is 0 Å². The van der Waals surface area contributed by atoms with Crippen molar-refractivity contribution >= 4 is 17.5 Å². The zero-order valence-electron chi connectivity index (χ0n) is 10.7. The molecule has 2 aromatic rings. The summed E-state index contributed by atoms with van der Waals surface area (Å²) in [5.41, 5.74) is 0.236. The predicted molar refractivity (Wildman–Crippen MR) is 71.9 cm³/mol. The molecule has 1 unspecified atom stereocenters. The molecular weight excluding hydrogens is 259 g/mol. The molecule has 5 heteroatoms. The molecule has 1 saturated heterocycles. The Bertz CT molecular complexity index is 652. The second kappa shape index (κ2) is 4.92. The lowest BCUT2D eigenvalue weighted by molar-refractivity contribution is -0.117. The molecule has 4 nitrogen and oxygen atoms in total. The number of para-hydroxylation sites is 1. The second-order valence-corrected chi connectivity index (χ2v) is 4.79. The Labute approximate surface area is 115 Å². The van der Waals surface area contributed by atoms with E-state index in [2.05, 4.69) is 0 Å². The predicted octanol–water partition coefficient (Wildman–Crippen LogP) is 2.32. The molecule has 0 radical (unpaired) electrons. The molecule has 102 valence electrons. The van der Waals surface area contributed by atoms with Crippen LogP contribution >= 0.6 is 0 Å². The number of anilines is 1. The van der Waals surface area contributed by atoms with Crippen molar-refractivity contribution in [3.8, 4) is 0 Å². The summed E-state index contributed by atoms with van der Waals surface area (Å²) in [5.74, 6) is -1.24. The number of aromatic nitrogens is 1. The van der Waals surface area contributed by atoms with Gasteiger partial charge in [-0.05, 0) is 24.3 Å². The van der Waals surface area contributed by atoms with Gasteiger partial charge in [0.15, 0.2) is 0 Å². The van der Waals surface area contributed by atoms with Crippen molar-refractivity contribution < 1.29 is 14.0 Å². The van der Waals surface area contributed by atoms with E-state index in [4.69, 9.17) is 0 Å². The number of benzene rings is 1. The summed E-state index contributed by atoms with van der Waals surface area (Å²) in [6.07, 6.45) is 3.42. The molecule has 1 atom stereocenters. The first kappa shape index (κ1) is 12.6. The highest BCUT2D eigenvalue weighted by atomic mass is 19.1. The van der Waals surface area contributed by atoms with Crippen LogP contribution in [0.25, 0.3) is 0 Å². The Kier molecular flexibility index (Phi) is 3.10. The van der Waals surface area contributed by atoms with E-state index in [1.165, 1.54) is 15.5 Å². The smallest absolute Gasteiger partial charge is 0.235 e. The monoisotopic (exact) mass is 272 g/mol. The quantitative estimate of drug-likeness (QED) is 0.842. The van der Waals surface area contributed by atoms with Gasteiger partial charge in [-0.15, -0.1) is 0 Å². The summed E-state index contributed by atoms with van der Waals surface area (Å²) >= 11 is 0. The number of nitrogens with zero attached hydrogens (tertiary/aromatic N) is 2. The van der Waals surface area contributed by atoms with Crippen LogP contribution in [0.5, 0.6) is 0 Å². The fraction of sp³-hybridized carbons (Fsp3) is 0.200. The van der Waals surface area contributed by atoms with E-state index in [1.54, 1.807) is 42.7 Å². The van der Waals surface area contributed by atoms with Crippen molar-refractivity contribution in [2.75, 3.05) is 11.4 Å². The first-order valence-corrected chi connectivity index (χ1v) is 6.39. The molecule has 1 fully saturated rings. The molecule has 0 spiro atoms. The number of rotatable bonds is 2. The van der Waals surface area contributed by atoms with Gasteiger partial charge in [0.1, 0.15) is 5.82 Å². The van der Waals surface area contributed by atoms with Crippen LogP contribution in [0.15, 0.2) is 48.8 Å². The molecular formula is C15H13FN2O2. The van der Waals surface area contributed by atoms with Crippen LogP contribution in [0.1, 0.15) is 11.2 Å². The third-order valence-electron chi connectivity index (χ3n) is 3.48. The Morgan fingerprint density at radius 2 is 1.85 bits per heavy atom. The summed E-state index contributed by atoms with van der Waals surface area (Å²) in [6, 6.07) is 9.61. The van der Waals surface area contributed by atoms with E-state index in [1.807, 2.05) is 0 Å². The van der Waals surface area contributed by atoms with Gasteiger partial charge in [0.25, 0.3) is 0 Å². The molecule has 1 aromatic heterocycles. The van der Waals surface area contributed by atoms with Crippen LogP contribution in [0.4, 0.5) is 10.1 Å². The number of hydrogen-bond acceptors (Lipinski definition) is 2. The molecule has 1 aliphatic rings. The van der Waals surface area contributed by atoms with Crippen molar-refractivity contribution in [2.45, 2.75) is 6.42 Å². The second-order valence-electron chi connectivity index (χ2n) is 4.79. The molecule has 1 aromatic carbocycles. The van der Waals surface area contributed by atoms with E-state index >= 15 is 0 Å². The minimum Gasteiger partial charge on any atom is -0.309 e. The molecule has 0 saturated carbocycles. The Morgan fingerprint density at radius 3 is 2.55 bits per heavy atom. The minimum atomic E-state index is -0.449. The van der Waals surface area contributed by atoms with E-state index in [0.717, 1.165) is 0 Å². The van der Waals surface area contributed by atoms with Gasteiger partial charge in [0.05, 0.1) is 11.6 Å². The first-order chi connectivity index (χ1) is 9.66. The molecule has 2 heterocycles. The van der Waals surface area contributed by atoms with Gasteiger partial charge in [0, 0.05) is 25.4 Å². The third kappa shape index (κ3) is 2.11. The number of amides is 1. The zero-order chi connectivity index (χ0) is 14.1. The molecule has 1 amide bonds. The average molecular weight is 272 g/mol. The fourth-order valence-corrected chi connectivity index (χ4v) is 2.47. The Balaban J connectivity index is 1.83. The van der Waals surface area contributed by atoms with E-state index < -0.39 is 11.7 Å². The summed E-state index contributed by atoms with van der Waals surface area (Å²) in [4.78, 5) is 25.6. The molecule has 1 aliphatic heterocycles. The normalized spacial score (nSPS) is 18.6. The topological polar surface area (TPSA) is 42.3 Å². The van der Waals surface area contributed by atoms with Gasteiger partial charge in [-0.1, -0.05) is 12.1 Å². The van der Waals surface area contributed by atoms with Crippen LogP contribution in [-0.4, -0.2) is 22.9 Å². The van der Waals surface area contributed by atoms with Gasteiger partial charge in [0.2, 0.25) is 11.8 Å². The Hall–Kier alpha value is -2.43. The van der Waals surface area contributed by atoms with E-state index in [-0.39, 0.29) is 30.5 Å². The SMILES string of the molecule is O=C1CC(C(=O)n2cccc2)CN1c1ccccc1F. The number of carbonyl (C=O) groups excluding carboxylic acids is 2. The van der Waals surface area contributed by atoms with Crippen molar-refractivity contribution in [2.24, 2.45) is 5.92 Å². The van der Waals surface area contributed by atoms with Crippen molar-refractivity contribution in [3.63, 3.8) is 0 Å². The van der Waals surface area contributed by atoms with Gasteiger partial charge in [-0.3, -0.25) is 14.2 Å². The zero-order valence-corrected chi connectivity index (χ0v) is 10.7. The number of carbonyl (C=O) groups is 2. The lowest BCUT2D eigenvalue weighted by Crippen LogP contribution is -2.27. The maximum absolute atomic E-state index is 13.7. The highest BCUT2D eigenvalue weighted by molar-refractivity contribution is 6.00. The molecule has 0 N–H and O–H groups in total. The van der Waals surface area contributed by atoms with E-state index in [0.29, 0.717) is 0 Å². The van der Waals surface area contributed by atoms with Crippen LogP contribution in [0, 0.1) is 11.7 Å². The van der Waals surface area contributed by atoms with Gasteiger partial charge < -0.3 is 4.90 Å². The highest BCUT2D eigenvalue weighted by Gasteiger charge is 2.36. The summed E-state index contributed by atoms with van der Waals surface area (Å²) < 4.78 is 15.2. The fourth-order valence-electron chi connectivity index (χ4n) is 2.47. The maximum atomic E-state index is 13.7. The summed E-state index contributed by atoms with van der Waals surface area (Å²) in [6.45, 7) is 0.219.